The second kappa shape index (κ2) is 8.79. The summed E-state index contributed by atoms with van der Waals surface area (Å²) in [6.45, 7) is 5.17. The Hall–Kier alpha value is -3.51. The average Bonchev–Trinajstić information content (AvgIpc) is 3.07. The summed E-state index contributed by atoms with van der Waals surface area (Å²) >= 11 is 0. The van der Waals surface area contributed by atoms with E-state index >= 15 is 0 Å². The highest BCUT2D eigenvalue weighted by atomic mass is 32.2. The number of nitriles is 1. The number of halogens is 3. The fourth-order valence-electron chi connectivity index (χ4n) is 3.56. The number of hydrogen-bond donors (Lipinski definition) is 1. The molecule has 0 saturated carbocycles. The molecular formula is C24H21F3N2O3S. The SMILES string of the molecule is Cc1c(/C=C(\C#N)S(=O)(=O)c2ccccc2O)cc(C(C)C)n1-c1ccccc1C(F)(F)F. The van der Waals surface area contributed by atoms with Crippen LogP contribution in [-0.2, 0) is 16.0 Å². The van der Waals surface area contributed by atoms with Crippen molar-refractivity contribution in [1.29, 1.82) is 5.26 Å². The summed E-state index contributed by atoms with van der Waals surface area (Å²) in [6, 6.07) is 13.6. The molecule has 0 bridgehead atoms. The van der Waals surface area contributed by atoms with E-state index in [1.165, 1.54) is 47.0 Å². The third kappa shape index (κ3) is 4.52. The summed E-state index contributed by atoms with van der Waals surface area (Å²) in [6.07, 6.45) is -3.47. The van der Waals surface area contributed by atoms with Crippen LogP contribution in [0.4, 0.5) is 13.2 Å². The number of alkyl halides is 3. The van der Waals surface area contributed by atoms with Crippen LogP contribution in [0.5, 0.6) is 5.75 Å². The van der Waals surface area contributed by atoms with E-state index in [-0.39, 0.29) is 17.2 Å². The number of phenols is 1. The summed E-state index contributed by atoms with van der Waals surface area (Å²) in [5, 5.41) is 19.5. The second-order valence-electron chi connectivity index (χ2n) is 7.71. The molecule has 0 atom stereocenters. The molecule has 0 spiro atoms. The van der Waals surface area contributed by atoms with Crippen molar-refractivity contribution in [1.82, 2.24) is 4.57 Å². The number of nitrogens with zero attached hydrogens (tertiary/aromatic N) is 2. The fourth-order valence-corrected chi connectivity index (χ4v) is 4.80. The zero-order chi connectivity index (χ0) is 24.6. The van der Waals surface area contributed by atoms with Crippen molar-refractivity contribution in [2.75, 3.05) is 0 Å². The van der Waals surface area contributed by atoms with Gasteiger partial charge in [0.2, 0.25) is 9.84 Å². The van der Waals surface area contributed by atoms with Crippen LogP contribution in [0.1, 0.15) is 42.3 Å². The van der Waals surface area contributed by atoms with Crippen LogP contribution < -0.4 is 0 Å². The fraction of sp³-hybridized carbons (Fsp3) is 0.208. The minimum Gasteiger partial charge on any atom is -0.507 e. The molecule has 0 radical (unpaired) electrons. The van der Waals surface area contributed by atoms with E-state index in [4.69, 9.17) is 0 Å². The number of benzene rings is 2. The summed E-state index contributed by atoms with van der Waals surface area (Å²) in [4.78, 5) is -1.06. The van der Waals surface area contributed by atoms with E-state index in [1.54, 1.807) is 32.9 Å². The zero-order valence-corrected chi connectivity index (χ0v) is 18.9. The molecule has 5 nitrogen and oxygen atoms in total. The number of aromatic nitrogens is 1. The molecule has 0 aliphatic rings. The lowest BCUT2D eigenvalue weighted by molar-refractivity contribution is -0.137. The molecule has 33 heavy (non-hydrogen) atoms. The van der Waals surface area contributed by atoms with Crippen LogP contribution >= 0.6 is 0 Å². The summed E-state index contributed by atoms with van der Waals surface area (Å²) < 4.78 is 68.4. The molecule has 1 aromatic heterocycles. The maximum atomic E-state index is 13.7. The van der Waals surface area contributed by atoms with Crippen LogP contribution in [0.3, 0.4) is 0 Å². The number of para-hydroxylation sites is 2. The van der Waals surface area contributed by atoms with E-state index in [0.29, 0.717) is 11.4 Å². The Bertz CT molecular complexity index is 1380. The predicted octanol–water partition coefficient (Wildman–Crippen LogP) is 5.97. The van der Waals surface area contributed by atoms with E-state index in [0.717, 1.165) is 12.1 Å². The van der Waals surface area contributed by atoms with E-state index in [9.17, 15) is 32.0 Å². The van der Waals surface area contributed by atoms with Gasteiger partial charge in [-0.1, -0.05) is 38.1 Å². The summed E-state index contributed by atoms with van der Waals surface area (Å²) in [5.41, 5.74) is 0.228. The lowest BCUT2D eigenvalue weighted by Crippen LogP contribution is -2.13. The van der Waals surface area contributed by atoms with Gasteiger partial charge in [-0.3, -0.25) is 0 Å². The lowest BCUT2D eigenvalue weighted by Gasteiger charge is -2.19. The van der Waals surface area contributed by atoms with Crippen LogP contribution in [0.15, 0.2) is 64.4 Å². The molecule has 9 heteroatoms. The number of phenolic OH excluding ortho intramolecular Hbond substituents is 1. The molecule has 3 rings (SSSR count). The maximum Gasteiger partial charge on any atom is 0.418 e. The van der Waals surface area contributed by atoms with Crippen LogP contribution in [0.2, 0.25) is 0 Å². The first kappa shape index (κ1) is 24.1. The Morgan fingerprint density at radius 1 is 1.12 bits per heavy atom. The summed E-state index contributed by atoms with van der Waals surface area (Å²) in [5.74, 6) is -0.706. The summed E-state index contributed by atoms with van der Waals surface area (Å²) in [7, 11) is -4.36. The van der Waals surface area contributed by atoms with Crippen molar-refractivity contribution in [3.8, 4) is 17.5 Å². The molecule has 1 heterocycles. The number of rotatable bonds is 5. The van der Waals surface area contributed by atoms with E-state index in [1.807, 2.05) is 0 Å². The number of aromatic hydroxyl groups is 1. The molecule has 0 fully saturated rings. The Balaban J connectivity index is 2.27. The van der Waals surface area contributed by atoms with Gasteiger partial charge in [0, 0.05) is 11.4 Å². The van der Waals surface area contributed by atoms with Gasteiger partial charge in [0.1, 0.15) is 21.6 Å². The van der Waals surface area contributed by atoms with Crippen molar-refractivity contribution >= 4 is 15.9 Å². The normalized spacial score (nSPS) is 12.7. The van der Waals surface area contributed by atoms with Crippen molar-refractivity contribution in [3.63, 3.8) is 0 Å². The molecular weight excluding hydrogens is 453 g/mol. The third-order valence-corrected chi connectivity index (χ3v) is 6.91. The van der Waals surface area contributed by atoms with Gasteiger partial charge < -0.3 is 9.67 Å². The van der Waals surface area contributed by atoms with Gasteiger partial charge in [-0.25, -0.2) is 8.42 Å². The number of hydrogen-bond acceptors (Lipinski definition) is 4. The highest BCUT2D eigenvalue weighted by Crippen LogP contribution is 2.37. The minimum atomic E-state index is -4.59. The number of allylic oxidation sites excluding steroid dienone is 1. The highest BCUT2D eigenvalue weighted by molar-refractivity contribution is 7.95. The minimum absolute atomic E-state index is 0.0899. The second-order valence-corrected chi connectivity index (χ2v) is 9.59. The Labute approximate surface area is 190 Å². The van der Waals surface area contributed by atoms with Crippen molar-refractivity contribution < 1.29 is 26.7 Å². The molecule has 172 valence electrons. The largest absolute Gasteiger partial charge is 0.507 e. The van der Waals surface area contributed by atoms with Gasteiger partial charge in [-0.05, 0) is 54.8 Å². The van der Waals surface area contributed by atoms with Crippen molar-refractivity contribution in [2.24, 2.45) is 0 Å². The predicted molar refractivity (Wildman–Crippen MR) is 118 cm³/mol. The Morgan fingerprint density at radius 3 is 2.30 bits per heavy atom. The molecule has 0 amide bonds. The van der Waals surface area contributed by atoms with Gasteiger partial charge >= 0.3 is 6.18 Å². The van der Waals surface area contributed by atoms with E-state index in [2.05, 4.69) is 0 Å². The van der Waals surface area contributed by atoms with Crippen LogP contribution in [0, 0.1) is 18.3 Å². The standard InChI is InChI=1S/C24H21F3N2O3S/c1-15(2)21-13-17(12-18(14-28)33(31,32)23-11-7-6-10-22(23)30)16(3)29(21)20-9-5-4-8-19(20)24(25,26)27/h4-13,15,30H,1-3H3/b18-12+. The highest BCUT2D eigenvalue weighted by Gasteiger charge is 2.35. The first-order valence-corrected chi connectivity index (χ1v) is 11.4. The van der Waals surface area contributed by atoms with Crippen molar-refractivity contribution in [2.45, 2.75) is 37.8 Å². The van der Waals surface area contributed by atoms with Gasteiger partial charge in [-0.2, -0.15) is 18.4 Å². The zero-order valence-electron chi connectivity index (χ0n) is 18.1. The lowest BCUT2D eigenvalue weighted by atomic mass is 10.1. The molecule has 2 aromatic carbocycles. The molecule has 3 aromatic rings. The molecule has 1 N–H and O–H groups in total. The van der Waals surface area contributed by atoms with Crippen LogP contribution in [-0.4, -0.2) is 18.1 Å². The first-order chi connectivity index (χ1) is 15.4. The first-order valence-electron chi connectivity index (χ1n) is 9.93. The third-order valence-electron chi connectivity index (χ3n) is 5.20. The quantitative estimate of drug-likeness (QED) is 0.462. The Morgan fingerprint density at radius 2 is 1.73 bits per heavy atom. The van der Waals surface area contributed by atoms with Gasteiger partial charge in [0.15, 0.2) is 0 Å². The molecule has 0 aliphatic heterocycles. The van der Waals surface area contributed by atoms with Gasteiger partial charge in [0.05, 0.1) is 11.3 Å². The average molecular weight is 475 g/mol. The maximum absolute atomic E-state index is 13.7. The van der Waals surface area contributed by atoms with E-state index < -0.39 is 37.1 Å². The van der Waals surface area contributed by atoms with Crippen LogP contribution in [0.25, 0.3) is 11.8 Å². The van der Waals surface area contributed by atoms with Crippen molar-refractivity contribution in [3.05, 3.63) is 82.0 Å². The monoisotopic (exact) mass is 474 g/mol. The molecule has 0 saturated heterocycles. The van der Waals surface area contributed by atoms with Gasteiger partial charge in [-0.15, -0.1) is 0 Å². The molecule has 0 aliphatic carbocycles. The topological polar surface area (TPSA) is 83.1 Å². The smallest absolute Gasteiger partial charge is 0.418 e. The Kier molecular flexibility index (Phi) is 6.43. The molecule has 0 unspecified atom stereocenters. The van der Waals surface area contributed by atoms with Gasteiger partial charge in [0.25, 0.3) is 0 Å². The number of sulfone groups is 1.